The van der Waals surface area contributed by atoms with E-state index in [9.17, 15) is 4.21 Å². The van der Waals surface area contributed by atoms with E-state index in [2.05, 4.69) is 19.2 Å². The molecule has 0 aliphatic heterocycles. The van der Waals surface area contributed by atoms with Gasteiger partial charge in [0, 0.05) is 10.9 Å². The van der Waals surface area contributed by atoms with Gasteiger partial charge in [-0.3, -0.25) is 4.21 Å². The maximum Gasteiger partial charge on any atom is 0.0573 e. The minimum Gasteiger partial charge on any atom is -0.313 e. The Morgan fingerprint density at radius 2 is 1.81 bits per heavy atom. The van der Waals surface area contributed by atoms with Gasteiger partial charge < -0.3 is 5.32 Å². The average Bonchev–Trinajstić information content (AvgIpc) is 2.28. The van der Waals surface area contributed by atoms with Gasteiger partial charge in [0.15, 0.2) is 0 Å². The van der Waals surface area contributed by atoms with Crippen LogP contribution in [0.3, 0.4) is 0 Å². The lowest BCUT2D eigenvalue weighted by molar-refractivity contribution is 0.550. The van der Waals surface area contributed by atoms with E-state index in [1.54, 1.807) is 0 Å². The molecule has 1 rings (SSSR count). The zero-order valence-corrected chi connectivity index (χ0v) is 11.3. The normalized spacial score (nSPS) is 16.8. The molecule has 3 heteroatoms. The van der Waals surface area contributed by atoms with Crippen LogP contribution in [-0.4, -0.2) is 22.0 Å². The average molecular weight is 239 g/mol. The van der Waals surface area contributed by atoms with E-state index in [0.29, 0.717) is 0 Å². The van der Waals surface area contributed by atoms with Crippen molar-refractivity contribution < 1.29 is 4.21 Å². The maximum atomic E-state index is 12.2. The van der Waals surface area contributed by atoms with E-state index < -0.39 is 10.8 Å². The Bertz CT molecular complexity index is 347. The number of rotatable bonds is 5. The van der Waals surface area contributed by atoms with Gasteiger partial charge in [0.05, 0.1) is 16.0 Å². The van der Waals surface area contributed by atoms with Crippen LogP contribution in [0.25, 0.3) is 0 Å². The molecule has 0 bridgehead atoms. The molecule has 0 aliphatic rings. The second kappa shape index (κ2) is 6.16. The molecule has 0 spiro atoms. The largest absolute Gasteiger partial charge is 0.313 e. The van der Waals surface area contributed by atoms with Crippen molar-refractivity contribution in [3.8, 4) is 0 Å². The van der Waals surface area contributed by atoms with Crippen LogP contribution in [0, 0.1) is 6.92 Å². The minimum absolute atomic E-state index is 0.127. The summed E-state index contributed by atoms with van der Waals surface area (Å²) in [6.07, 6.45) is 0. The van der Waals surface area contributed by atoms with Crippen molar-refractivity contribution in [2.45, 2.75) is 43.9 Å². The number of benzene rings is 1. The highest BCUT2D eigenvalue weighted by Gasteiger charge is 2.19. The molecular formula is C13H21NOS. The first-order chi connectivity index (χ1) is 7.56. The van der Waals surface area contributed by atoms with Crippen LogP contribution in [-0.2, 0) is 10.8 Å². The van der Waals surface area contributed by atoms with Crippen LogP contribution in [0.15, 0.2) is 29.2 Å². The minimum atomic E-state index is -0.931. The third kappa shape index (κ3) is 3.42. The molecule has 1 aromatic carbocycles. The second-order valence-corrected chi connectivity index (χ2v) is 5.97. The first kappa shape index (κ1) is 13.4. The Kier molecular flexibility index (Phi) is 5.16. The summed E-state index contributed by atoms with van der Waals surface area (Å²) in [5, 5.41) is 3.44. The molecule has 0 radical (unpaired) electrons. The number of hydrogen-bond acceptors (Lipinski definition) is 2. The summed E-state index contributed by atoms with van der Waals surface area (Å²) in [6, 6.07) is 8.21. The highest BCUT2D eigenvalue weighted by molar-refractivity contribution is 7.85. The monoisotopic (exact) mass is 239 g/mol. The molecule has 3 unspecified atom stereocenters. The molecule has 0 heterocycles. The summed E-state index contributed by atoms with van der Waals surface area (Å²) >= 11 is 0. The summed E-state index contributed by atoms with van der Waals surface area (Å²) in [4.78, 5) is 0.919. The second-order valence-electron chi connectivity index (χ2n) is 4.16. The van der Waals surface area contributed by atoms with Crippen LogP contribution in [0.5, 0.6) is 0 Å². The zero-order chi connectivity index (χ0) is 12.1. The summed E-state index contributed by atoms with van der Waals surface area (Å²) < 4.78 is 12.2. The molecule has 16 heavy (non-hydrogen) atoms. The Labute approximate surface area is 101 Å². The van der Waals surface area contributed by atoms with Gasteiger partial charge in [0.1, 0.15) is 0 Å². The fraction of sp³-hybridized carbons (Fsp3) is 0.538. The summed E-state index contributed by atoms with van der Waals surface area (Å²) in [5.41, 5.74) is 1.20. The molecule has 0 aromatic heterocycles. The topological polar surface area (TPSA) is 29.1 Å². The predicted molar refractivity (Wildman–Crippen MR) is 70.2 cm³/mol. The number of nitrogens with one attached hydrogen (secondary N) is 1. The van der Waals surface area contributed by atoms with Gasteiger partial charge in [-0.1, -0.05) is 24.6 Å². The van der Waals surface area contributed by atoms with Crippen molar-refractivity contribution in [1.29, 1.82) is 0 Å². The molecule has 0 fully saturated rings. The smallest absolute Gasteiger partial charge is 0.0573 e. The summed E-state index contributed by atoms with van der Waals surface area (Å²) in [5.74, 6) is 0. The van der Waals surface area contributed by atoms with E-state index in [0.717, 1.165) is 11.4 Å². The lowest BCUT2D eigenvalue weighted by Crippen LogP contribution is -2.37. The quantitative estimate of drug-likeness (QED) is 0.855. The standard InChI is InChI=1S/C13H21NOS/c1-5-14-11(3)12(4)16(15)13-8-6-10(2)7-9-13/h6-9,11-12,14H,5H2,1-4H3. The molecule has 0 saturated carbocycles. The van der Waals surface area contributed by atoms with E-state index >= 15 is 0 Å². The fourth-order valence-corrected chi connectivity index (χ4v) is 2.86. The highest BCUT2D eigenvalue weighted by Crippen LogP contribution is 2.14. The molecule has 0 amide bonds. The third-order valence-corrected chi connectivity index (χ3v) is 4.64. The van der Waals surface area contributed by atoms with E-state index in [4.69, 9.17) is 0 Å². The molecule has 3 atom stereocenters. The van der Waals surface area contributed by atoms with Gasteiger partial charge in [-0.15, -0.1) is 0 Å². The lowest BCUT2D eigenvalue weighted by atomic mass is 10.2. The third-order valence-electron chi connectivity index (χ3n) is 2.82. The Hall–Kier alpha value is -0.670. The van der Waals surface area contributed by atoms with E-state index in [-0.39, 0.29) is 11.3 Å². The maximum absolute atomic E-state index is 12.2. The predicted octanol–water partition coefficient (Wildman–Crippen LogP) is 2.49. The fourth-order valence-electron chi connectivity index (χ4n) is 1.56. The molecule has 0 aliphatic carbocycles. The van der Waals surface area contributed by atoms with Crippen LogP contribution in [0.1, 0.15) is 26.3 Å². The summed E-state index contributed by atoms with van der Waals surface area (Å²) in [7, 11) is -0.931. The first-order valence-electron chi connectivity index (χ1n) is 5.77. The van der Waals surface area contributed by atoms with Crippen molar-refractivity contribution in [1.82, 2.24) is 5.32 Å². The van der Waals surface area contributed by atoms with Gasteiger partial charge >= 0.3 is 0 Å². The van der Waals surface area contributed by atoms with Crippen LogP contribution in [0.4, 0.5) is 0 Å². The Morgan fingerprint density at radius 1 is 1.25 bits per heavy atom. The van der Waals surface area contributed by atoms with Crippen molar-refractivity contribution in [3.05, 3.63) is 29.8 Å². The Balaban J connectivity index is 2.73. The number of hydrogen-bond donors (Lipinski definition) is 1. The highest BCUT2D eigenvalue weighted by atomic mass is 32.2. The van der Waals surface area contributed by atoms with Gasteiger partial charge in [-0.25, -0.2) is 0 Å². The molecular weight excluding hydrogens is 218 g/mol. The van der Waals surface area contributed by atoms with Crippen LogP contribution >= 0.6 is 0 Å². The molecule has 1 aromatic rings. The molecule has 1 N–H and O–H groups in total. The van der Waals surface area contributed by atoms with Crippen molar-refractivity contribution in [2.24, 2.45) is 0 Å². The zero-order valence-electron chi connectivity index (χ0n) is 10.5. The van der Waals surface area contributed by atoms with Gasteiger partial charge in [-0.2, -0.15) is 0 Å². The van der Waals surface area contributed by atoms with E-state index in [1.165, 1.54) is 5.56 Å². The lowest BCUT2D eigenvalue weighted by Gasteiger charge is -2.20. The summed E-state index contributed by atoms with van der Waals surface area (Å²) in [6.45, 7) is 9.13. The van der Waals surface area contributed by atoms with Crippen molar-refractivity contribution in [3.63, 3.8) is 0 Å². The van der Waals surface area contributed by atoms with Gasteiger partial charge in [0.2, 0.25) is 0 Å². The van der Waals surface area contributed by atoms with E-state index in [1.807, 2.05) is 38.1 Å². The van der Waals surface area contributed by atoms with Crippen molar-refractivity contribution in [2.75, 3.05) is 6.54 Å². The number of aryl methyl sites for hydroxylation is 1. The van der Waals surface area contributed by atoms with Crippen LogP contribution < -0.4 is 5.32 Å². The van der Waals surface area contributed by atoms with Crippen molar-refractivity contribution >= 4 is 10.8 Å². The van der Waals surface area contributed by atoms with Gasteiger partial charge in [-0.05, 0) is 39.4 Å². The Morgan fingerprint density at radius 3 is 2.31 bits per heavy atom. The molecule has 90 valence electrons. The SMILES string of the molecule is CCNC(C)C(C)S(=O)c1ccc(C)cc1. The first-order valence-corrected chi connectivity index (χ1v) is 6.98. The van der Waals surface area contributed by atoms with Crippen LogP contribution in [0.2, 0.25) is 0 Å². The van der Waals surface area contributed by atoms with Gasteiger partial charge in [0.25, 0.3) is 0 Å². The molecule has 0 saturated heterocycles. The molecule has 2 nitrogen and oxygen atoms in total.